The zero-order chi connectivity index (χ0) is 24.6. The number of nitrogens with zero attached hydrogens (tertiary/aromatic N) is 3. The Morgan fingerprint density at radius 1 is 1.12 bits per heavy atom. The lowest BCUT2D eigenvalue weighted by molar-refractivity contribution is 0.179. The molecule has 1 aromatic heterocycles. The van der Waals surface area contributed by atoms with E-state index in [0.29, 0.717) is 47.1 Å². The highest BCUT2D eigenvalue weighted by atomic mass is 79.9. The molecule has 9 nitrogen and oxygen atoms in total. The number of aliphatic hydroxyl groups is 1. The van der Waals surface area contributed by atoms with Crippen molar-refractivity contribution < 1.29 is 13.5 Å². The van der Waals surface area contributed by atoms with Crippen LogP contribution in [0.3, 0.4) is 0 Å². The molecule has 1 aromatic carbocycles. The van der Waals surface area contributed by atoms with Gasteiger partial charge in [0.25, 0.3) is 0 Å². The van der Waals surface area contributed by atoms with Crippen molar-refractivity contribution >= 4 is 43.4 Å². The predicted octanol–water partition coefficient (Wildman–Crippen LogP) is 3.56. The summed E-state index contributed by atoms with van der Waals surface area (Å²) < 4.78 is 28.7. The smallest absolute Gasteiger partial charge is 0.240 e. The Bertz CT molecular complexity index is 974. The third-order valence-electron chi connectivity index (χ3n) is 5.21. The number of hydrogen-bond donors (Lipinski definition) is 4. The maximum absolute atomic E-state index is 12.7. The van der Waals surface area contributed by atoms with Crippen molar-refractivity contribution in [3.05, 3.63) is 34.9 Å². The molecule has 0 spiro atoms. The summed E-state index contributed by atoms with van der Waals surface area (Å²) in [7, 11) is -3.60. The predicted molar refractivity (Wildman–Crippen MR) is 136 cm³/mol. The molecule has 184 valence electrons. The van der Waals surface area contributed by atoms with Crippen LogP contribution in [-0.2, 0) is 10.0 Å². The molecule has 0 aliphatic carbocycles. The lowest BCUT2D eigenvalue weighted by Crippen LogP contribution is -2.42. The van der Waals surface area contributed by atoms with Gasteiger partial charge in [0, 0.05) is 37.1 Å². The van der Waals surface area contributed by atoms with Gasteiger partial charge in [0.1, 0.15) is 5.82 Å². The molecule has 0 saturated heterocycles. The number of halogens is 1. The quantitative estimate of drug-likeness (QED) is 0.303. The van der Waals surface area contributed by atoms with E-state index in [1.165, 1.54) is 0 Å². The molecule has 0 aliphatic heterocycles. The highest BCUT2D eigenvalue weighted by molar-refractivity contribution is 9.10. The summed E-state index contributed by atoms with van der Waals surface area (Å²) in [6.45, 7) is 11.3. The van der Waals surface area contributed by atoms with Crippen molar-refractivity contribution in [2.75, 3.05) is 30.3 Å². The first kappa shape index (κ1) is 27.5. The fraction of sp³-hybridized carbons (Fsp3) is 0.545. The Hall–Kier alpha value is -1.79. The minimum atomic E-state index is -3.60. The molecule has 0 aliphatic rings. The van der Waals surface area contributed by atoms with Gasteiger partial charge in [-0.3, -0.25) is 4.90 Å². The molecule has 2 aromatic rings. The van der Waals surface area contributed by atoms with E-state index in [1.807, 2.05) is 6.92 Å². The molecular formula is C22H35BrN6O3S. The second-order valence-electron chi connectivity index (χ2n) is 8.29. The minimum Gasteiger partial charge on any atom is -0.394 e. The SMILES string of the molecule is CC[C@H](CO)Nc1nc(Nc2ccc(S(=O)(=O)NCCN(C(C)C)C(C)C)cc2)ncc1Br. The maximum atomic E-state index is 12.7. The van der Waals surface area contributed by atoms with Gasteiger partial charge >= 0.3 is 0 Å². The van der Waals surface area contributed by atoms with Gasteiger partial charge in [-0.05, 0) is 74.3 Å². The van der Waals surface area contributed by atoms with Crippen LogP contribution in [0.5, 0.6) is 0 Å². The molecule has 0 fully saturated rings. The van der Waals surface area contributed by atoms with Crippen LogP contribution in [0.1, 0.15) is 41.0 Å². The van der Waals surface area contributed by atoms with Crippen molar-refractivity contribution in [1.29, 1.82) is 0 Å². The van der Waals surface area contributed by atoms with Gasteiger partial charge in [-0.25, -0.2) is 18.1 Å². The fourth-order valence-corrected chi connectivity index (χ4v) is 4.68. The number of rotatable bonds is 13. The van der Waals surface area contributed by atoms with Crippen LogP contribution in [-0.4, -0.2) is 66.2 Å². The van der Waals surface area contributed by atoms with Gasteiger partial charge < -0.3 is 15.7 Å². The molecule has 33 heavy (non-hydrogen) atoms. The first-order valence-corrected chi connectivity index (χ1v) is 13.4. The summed E-state index contributed by atoms with van der Waals surface area (Å²) in [6.07, 6.45) is 2.36. The molecule has 0 bridgehead atoms. The number of aliphatic hydroxyl groups excluding tert-OH is 1. The molecule has 4 N–H and O–H groups in total. The van der Waals surface area contributed by atoms with Crippen LogP contribution in [0, 0.1) is 0 Å². The maximum Gasteiger partial charge on any atom is 0.240 e. The Kier molecular flexibility index (Phi) is 10.5. The highest BCUT2D eigenvalue weighted by Gasteiger charge is 2.17. The molecular weight excluding hydrogens is 508 g/mol. The lowest BCUT2D eigenvalue weighted by atomic mass is 10.2. The highest BCUT2D eigenvalue weighted by Crippen LogP contribution is 2.23. The normalized spacial score (nSPS) is 13.0. The lowest BCUT2D eigenvalue weighted by Gasteiger charge is -2.30. The molecule has 0 radical (unpaired) electrons. The summed E-state index contributed by atoms with van der Waals surface area (Å²) in [6, 6.07) is 7.00. The topological polar surface area (TPSA) is 119 Å². The van der Waals surface area contributed by atoms with Crippen molar-refractivity contribution in [1.82, 2.24) is 19.6 Å². The van der Waals surface area contributed by atoms with E-state index in [0.717, 1.165) is 6.42 Å². The number of nitrogens with one attached hydrogen (secondary N) is 3. The van der Waals surface area contributed by atoms with E-state index in [1.54, 1.807) is 30.5 Å². The van der Waals surface area contributed by atoms with Crippen molar-refractivity contribution in [2.45, 2.75) is 64.1 Å². The number of aromatic nitrogens is 2. The minimum absolute atomic E-state index is 0.00729. The largest absolute Gasteiger partial charge is 0.394 e. The molecule has 0 amide bonds. The van der Waals surface area contributed by atoms with E-state index in [-0.39, 0.29) is 17.5 Å². The van der Waals surface area contributed by atoms with E-state index < -0.39 is 10.0 Å². The van der Waals surface area contributed by atoms with E-state index >= 15 is 0 Å². The number of anilines is 3. The van der Waals surface area contributed by atoms with Gasteiger partial charge in [0.15, 0.2) is 0 Å². The van der Waals surface area contributed by atoms with Crippen molar-refractivity contribution in [3.63, 3.8) is 0 Å². The van der Waals surface area contributed by atoms with Gasteiger partial charge in [-0.1, -0.05) is 6.92 Å². The Morgan fingerprint density at radius 2 is 1.76 bits per heavy atom. The Balaban J connectivity index is 2.03. The summed E-state index contributed by atoms with van der Waals surface area (Å²) in [5.41, 5.74) is 0.655. The molecule has 0 unspecified atom stereocenters. The Labute approximate surface area is 205 Å². The third kappa shape index (κ3) is 8.18. The van der Waals surface area contributed by atoms with Crippen molar-refractivity contribution in [2.24, 2.45) is 0 Å². The van der Waals surface area contributed by atoms with E-state index in [4.69, 9.17) is 0 Å². The number of benzene rings is 1. The van der Waals surface area contributed by atoms with Crippen molar-refractivity contribution in [3.8, 4) is 0 Å². The van der Waals surface area contributed by atoms with E-state index in [9.17, 15) is 13.5 Å². The summed E-state index contributed by atoms with van der Waals surface area (Å²) >= 11 is 3.41. The summed E-state index contributed by atoms with van der Waals surface area (Å²) in [5.74, 6) is 0.915. The zero-order valence-electron chi connectivity index (χ0n) is 19.8. The van der Waals surface area contributed by atoms with Crippen LogP contribution < -0.4 is 15.4 Å². The monoisotopic (exact) mass is 542 g/mol. The zero-order valence-corrected chi connectivity index (χ0v) is 22.2. The molecule has 11 heteroatoms. The van der Waals surface area contributed by atoms with Crippen LogP contribution in [0.25, 0.3) is 0 Å². The van der Waals surface area contributed by atoms with Gasteiger partial charge in [0.2, 0.25) is 16.0 Å². The second kappa shape index (κ2) is 12.6. The number of hydrogen-bond acceptors (Lipinski definition) is 8. The van der Waals surface area contributed by atoms with E-state index in [2.05, 4.69) is 73.8 Å². The van der Waals surface area contributed by atoms with Crippen LogP contribution >= 0.6 is 15.9 Å². The first-order chi connectivity index (χ1) is 15.6. The summed E-state index contributed by atoms with van der Waals surface area (Å²) in [4.78, 5) is 11.1. The Morgan fingerprint density at radius 3 is 2.30 bits per heavy atom. The van der Waals surface area contributed by atoms with Crippen LogP contribution in [0.4, 0.5) is 17.5 Å². The third-order valence-corrected chi connectivity index (χ3v) is 7.26. The van der Waals surface area contributed by atoms with Gasteiger partial charge in [-0.2, -0.15) is 4.98 Å². The number of sulfonamides is 1. The molecule has 0 saturated carbocycles. The average molecular weight is 544 g/mol. The van der Waals surface area contributed by atoms with Gasteiger partial charge in [0.05, 0.1) is 22.0 Å². The first-order valence-electron chi connectivity index (χ1n) is 11.1. The standard InChI is InChI=1S/C22H35BrN6O3S/c1-6-17(14-30)26-21-20(23)13-24-22(28-21)27-18-7-9-19(10-8-18)33(31,32)25-11-12-29(15(2)3)16(4)5/h7-10,13,15-17,25,30H,6,11-12,14H2,1-5H3,(H2,24,26,27,28)/t17-/m1/s1. The molecule has 1 atom stereocenters. The second-order valence-corrected chi connectivity index (χ2v) is 10.9. The molecule has 1 heterocycles. The van der Waals surface area contributed by atoms with Gasteiger partial charge in [-0.15, -0.1) is 0 Å². The summed E-state index contributed by atoms with van der Waals surface area (Å²) in [5, 5.41) is 15.6. The fourth-order valence-electron chi connectivity index (χ4n) is 3.35. The van der Waals surface area contributed by atoms with Crippen LogP contribution in [0.15, 0.2) is 39.8 Å². The average Bonchev–Trinajstić information content (AvgIpc) is 2.76. The molecule has 2 rings (SSSR count). The van der Waals surface area contributed by atoms with Crippen LogP contribution in [0.2, 0.25) is 0 Å².